The van der Waals surface area contributed by atoms with Crippen molar-refractivity contribution >= 4 is 12.1 Å². The van der Waals surface area contributed by atoms with E-state index in [0.29, 0.717) is 5.82 Å². The number of aromatic nitrogens is 3. The molecule has 1 aromatic carbocycles. The van der Waals surface area contributed by atoms with Crippen molar-refractivity contribution in [2.24, 2.45) is 0 Å². The van der Waals surface area contributed by atoms with Crippen molar-refractivity contribution in [1.29, 1.82) is 0 Å². The first-order valence-corrected chi connectivity index (χ1v) is 6.19. The van der Waals surface area contributed by atoms with Gasteiger partial charge < -0.3 is 15.2 Å². The van der Waals surface area contributed by atoms with E-state index in [2.05, 4.69) is 20.5 Å². The number of alkyl carbamates (subject to hydrolysis) is 1. The maximum absolute atomic E-state index is 11.6. The number of nitrogens with zero attached hydrogens (tertiary/aromatic N) is 2. The fourth-order valence-corrected chi connectivity index (χ4v) is 1.63. The zero-order valence-electron chi connectivity index (χ0n) is 11.0. The molecule has 0 aliphatic carbocycles. The van der Waals surface area contributed by atoms with Gasteiger partial charge >= 0.3 is 12.1 Å². The van der Waals surface area contributed by atoms with Crippen LogP contribution in [0.2, 0.25) is 0 Å². The number of aromatic amines is 1. The van der Waals surface area contributed by atoms with E-state index >= 15 is 0 Å². The van der Waals surface area contributed by atoms with E-state index in [1.165, 1.54) is 6.33 Å². The van der Waals surface area contributed by atoms with E-state index in [1.807, 2.05) is 18.2 Å². The summed E-state index contributed by atoms with van der Waals surface area (Å²) in [6.45, 7) is 0.0708. The van der Waals surface area contributed by atoms with Crippen LogP contribution in [0.25, 0.3) is 0 Å². The molecule has 1 atom stereocenters. The first kappa shape index (κ1) is 14.5. The van der Waals surface area contributed by atoms with Crippen LogP contribution in [0.15, 0.2) is 36.7 Å². The molecule has 0 fully saturated rings. The average Bonchev–Trinajstić information content (AvgIpc) is 2.98. The minimum absolute atomic E-state index is 0.00420. The van der Waals surface area contributed by atoms with Crippen LogP contribution in [0.3, 0.4) is 0 Å². The molecule has 1 unspecified atom stereocenters. The highest BCUT2D eigenvalue weighted by atomic mass is 16.5. The third kappa shape index (κ3) is 4.60. The predicted molar refractivity (Wildman–Crippen MR) is 71.3 cm³/mol. The number of carbonyl (C=O) groups excluding carboxylic acids is 1. The van der Waals surface area contributed by atoms with Crippen molar-refractivity contribution in [2.45, 2.75) is 19.1 Å². The molecule has 3 N–H and O–H groups in total. The Morgan fingerprint density at radius 3 is 2.71 bits per heavy atom. The number of carbonyl (C=O) groups is 2. The molecule has 0 saturated heterocycles. The summed E-state index contributed by atoms with van der Waals surface area (Å²) in [4.78, 5) is 26.5. The van der Waals surface area contributed by atoms with Crippen molar-refractivity contribution in [1.82, 2.24) is 20.5 Å². The van der Waals surface area contributed by atoms with Gasteiger partial charge in [0.05, 0.1) is 0 Å². The van der Waals surface area contributed by atoms with Gasteiger partial charge in [-0.25, -0.2) is 14.6 Å². The van der Waals surface area contributed by atoms with Crippen LogP contribution in [-0.2, 0) is 22.6 Å². The van der Waals surface area contributed by atoms with Gasteiger partial charge in [-0.1, -0.05) is 30.3 Å². The van der Waals surface area contributed by atoms with Crippen LogP contribution in [0.1, 0.15) is 11.4 Å². The van der Waals surface area contributed by atoms with Crippen LogP contribution in [0.4, 0.5) is 4.79 Å². The van der Waals surface area contributed by atoms with Crippen molar-refractivity contribution in [3.8, 4) is 0 Å². The largest absolute Gasteiger partial charge is 0.480 e. The molecular weight excluding hydrogens is 276 g/mol. The van der Waals surface area contributed by atoms with Gasteiger partial charge in [0.25, 0.3) is 0 Å². The summed E-state index contributed by atoms with van der Waals surface area (Å²) < 4.78 is 4.97. The first-order chi connectivity index (χ1) is 10.1. The Morgan fingerprint density at radius 1 is 1.33 bits per heavy atom. The molecule has 1 heterocycles. The predicted octanol–water partition coefficient (Wildman–Crippen LogP) is 0.727. The lowest BCUT2D eigenvalue weighted by Gasteiger charge is -2.13. The maximum atomic E-state index is 11.6. The zero-order chi connectivity index (χ0) is 15.1. The Bertz CT molecular complexity index is 585. The molecule has 0 saturated carbocycles. The Labute approximate surface area is 120 Å². The topological polar surface area (TPSA) is 117 Å². The molecule has 1 amide bonds. The molecule has 110 valence electrons. The molecule has 1 aromatic heterocycles. The number of amides is 1. The fourth-order valence-electron chi connectivity index (χ4n) is 1.63. The summed E-state index contributed by atoms with van der Waals surface area (Å²) in [6.07, 6.45) is 0.461. The van der Waals surface area contributed by atoms with E-state index in [9.17, 15) is 9.59 Å². The molecule has 8 nitrogen and oxygen atoms in total. The normalized spacial score (nSPS) is 11.6. The second-order valence-electron chi connectivity index (χ2n) is 4.23. The molecule has 0 radical (unpaired) electrons. The van der Waals surface area contributed by atoms with E-state index in [-0.39, 0.29) is 13.0 Å². The highest BCUT2D eigenvalue weighted by Gasteiger charge is 2.22. The summed E-state index contributed by atoms with van der Waals surface area (Å²) in [5.41, 5.74) is 0.815. The standard InChI is InChI=1S/C13H14N4O4/c18-12(19)10(6-11-14-8-15-17-11)16-13(20)21-7-9-4-2-1-3-5-9/h1-5,8,10H,6-7H2,(H,16,20)(H,18,19)(H,14,15,17). The Hall–Kier alpha value is -2.90. The molecule has 0 spiro atoms. The summed E-state index contributed by atoms with van der Waals surface area (Å²) in [7, 11) is 0. The van der Waals surface area contributed by atoms with Crippen LogP contribution < -0.4 is 5.32 Å². The third-order valence-electron chi connectivity index (χ3n) is 2.67. The second kappa shape index (κ2) is 7.04. The van der Waals surface area contributed by atoms with Gasteiger partial charge in [-0.2, -0.15) is 5.10 Å². The van der Waals surface area contributed by atoms with Crippen LogP contribution >= 0.6 is 0 Å². The Balaban J connectivity index is 1.85. The summed E-state index contributed by atoms with van der Waals surface area (Å²) >= 11 is 0. The lowest BCUT2D eigenvalue weighted by Crippen LogP contribution is -2.42. The van der Waals surface area contributed by atoms with Gasteiger partial charge in [0, 0.05) is 6.42 Å². The summed E-state index contributed by atoms with van der Waals surface area (Å²) in [5.74, 6) is -0.811. The number of carboxylic acids is 1. The molecular formula is C13H14N4O4. The highest BCUT2D eigenvalue weighted by Crippen LogP contribution is 2.02. The number of hydrogen-bond acceptors (Lipinski definition) is 5. The Morgan fingerprint density at radius 2 is 2.10 bits per heavy atom. The number of H-pyrrole nitrogens is 1. The van der Waals surface area contributed by atoms with E-state index in [0.717, 1.165) is 5.56 Å². The molecule has 0 aliphatic heterocycles. The number of ether oxygens (including phenoxy) is 1. The average molecular weight is 290 g/mol. The maximum Gasteiger partial charge on any atom is 0.408 e. The summed E-state index contributed by atoms with van der Waals surface area (Å²) in [5, 5.41) is 17.5. The van der Waals surface area contributed by atoms with Gasteiger partial charge in [0.2, 0.25) is 0 Å². The molecule has 8 heteroatoms. The number of rotatable bonds is 6. The Kier molecular flexibility index (Phi) is 4.86. The molecule has 2 aromatic rings. The van der Waals surface area contributed by atoms with E-state index < -0.39 is 18.1 Å². The molecule has 0 aliphatic rings. The van der Waals surface area contributed by atoms with Crippen molar-refractivity contribution < 1.29 is 19.4 Å². The smallest absolute Gasteiger partial charge is 0.408 e. The van der Waals surface area contributed by atoms with E-state index in [1.54, 1.807) is 12.1 Å². The minimum atomic E-state index is -1.18. The monoisotopic (exact) mass is 290 g/mol. The van der Waals surface area contributed by atoms with E-state index in [4.69, 9.17) is 9.84 Å². The molecule has 0 bridgehead atoms. The number of nitrogens with one attached hydrogen (secondary N) is 2. The van der Waals surface area contributed by atoms with Gasteiger partial charge in [-0.15, -0.1) is 0 Å². The number of benzene rings is 1. The van der Waals surface area contributed by atoms with Gasteiger partial charge in [-0.3, -0.25) is 5.10 Å². The number of aliphatic carboxylic acids is 1. The minimum Gasteiger partial charge on any atom is -0.480 e. The quantitative estimate of drug-likeness (QED) is 0.722. The van der Waals surface area contributed by atoms with Gasteiger partial charge in [0.15, 0.2) is 0 Å². The second-order valence-corrected chi connectivity index (χ2v) is 4.23. The zero-order valence-corrected chi connectivity index (χ0v) is 11.0. The highest BCUT2D eigenvalue weighted by molar-refractivity contribution is 5.80. The van der Waals surface area contributed by atoms with Gasteiger partial charge in [0.1, 0.15) is 24.8 Å². The first-order valence-electron chi connectivity index (χ1n) is 6.19. The lowest BCUT2D eigenvalue weighted by atomic mass is 10.2. The third-order valence-corrected chi connectivity index (χ3v) is 2.67. The van der Waals surface area contributed by atoms with Gasteiger partial charge in [-0.05, 0) is 5.56 Å². The molecule has 21 heavy (non-hydrogen) atoms. The van der Waals surface area contributed by atoms with Crippen LogP contribution in [0.5, 0.6) is 0 Å². The van der Waals surface area contributed by atoms with Crippen molar-refractivity contribution in [2.75, 3.05) is 0 Å². The van der Waals surface area contributed by atoms with Crippen LogP contribution in [-0.4, -0.2) is 38.4 Å². The van der Waals surface area contributed by atoms with Crippen LogP contribution in [0, 0.1) is 0 Å². The SMILES string of the molecule is O=C(NC(Cc1ncn[nH]1)C(=O)O)OCc1ccccc1. The van der Waals surface area contributed by atoms with Crippen molar-refractivity contribution in [3.05, 3.63) is 48.0 Å². The summed E-state index contributed by atoms with van der Waals surface area (Å²) in [6, 6.07) is 7.95. The lowest BCUT2D eigenvalue weighted by molar-refractivity contribution is -0.139. The fraction of sp³-hybridized carbons (Fsp3) is 0.231. The number of carboxylic acid groups (broad SMARTS) is 1. The number of hydrogen-bond donors (Lipinski definition) is 3. The van der Waals surface area contributed by atoms with Crippen molar-refractivity contribution in [3.63, 3.8) is 0 Å². The molecule has 2 rings (SSSR count).